The lowest BCUT2D eigenvalue weighted by atomic mass is 10.2. The van der Waals surface area contributed by atoms with E-state index in [1.807, 2.05) is 31.3 Å². The zero-order valence-corrected chi connectivity index (χ0v) is 12.1. The van der Waals surface area contributed by atoms with Crippen LogP contribution in [0.4, 0.5) is 5.69 Å². The van der Waals surface area contributed by atoms with E-state index in [4.69, 9.17) is 23.8 Å². The second-order valence-corrected chi connectivity index (χ2v) is 5.06. The van der Waals surface area contributed by atoms with E-state index in [1.54, 1.807) is 4.68 Å². The molecule has 0 saturated heterocycles. The largest absolute Gasteiger partial charge is 0.350 e. The average molecular weight is 296 g/mol. The predicted octanol–water partition coefficient (Wildman–Crippen LogP) is 2.63. The van der Waals surface area contributed by atoms with Gasteiger partial charge in [-0.25, -0.2) is 4.68 Å². The van der Waals surface area contributed by atoms with Crippen LogP contribution >= 0.6 is 23.8 Å². The van der Waals surface area contributed by atoms with Crippen LogP contribution in [0.1, 0.15) is 18.7 Å². The minimum Gasteiger partial charge on any atom is -0.350 e. The van der Waals surface area contributed by atoms with E-state index in [-0.39, 0.29) is 0 Å². The van der Waals surface area contributed by atoms with Gasteiger partial charge in [0.1, 0.15) is 0 Å². The molecule has 1 heterocycles. The summed E-state index contributed by atoms with van der Waals surface area (Å²) in [6.45, 7) is 0. The van der Waals surface area contributed by atoms with Crippen LogP contribution in [0.2, 0.25) is 5.02 Å². The van der Waals surface area contributed by atoms with Crippen molar-refractivity contribution in [1.29, 1.82) is 0 Å². The molecule has 1 aromatic carbocycles. The predicted molar refractivity (Wildman–Crippen MR) is 79.4 cm³/mol. The van der Waals surface area contributed by atoms with Gasteiger partial charge in [-0.1, -0.05) is 23.8 Å². The molecular formula is C12H14ClN5S. The molecular weight excluding hydrogens is 282 g/mol. The van der Waals surface area contributed by atoms with Crippen LogP contribution in [-0.2, 0) is 13.5 Å². The van der Waals surface area contributed by atoms with Gasteiger partial charge in [-0.3, -0.25) is 0 Å². The smallest absolute Gasteiger partial charge is 0.150 e. The maximum atomic E-state index is 5.82. The second kappa shape index (κ2) is 6.58. The number of anilines is 1. The molecule has 7 heteroatoms. The Balaban J connectivity index is 1.76. The fourth-order valence-electron chi connectivity index (χ4n) is 1.62. The van der Waals surface area contributed by atoms with Gasteiger partial charge in [0.05, 0.1) is 4.99 Å². The second-order valence-electron chi connectivity index (χ2n) is 4.13. The van der Waals surface area contributed by atoms with Crippen LogP contribution < -0.4 is 5.32 Å². The Labute approximate surface area is 122 Å². The topological polar surface area (TPSA) is 55.6 Å². The van der Waals surface area contributed by atoms with Gasteiger partial charge in [0, 0.05) is 24.2 Å². The van der Waals surface area contributed by atoms with Gasteiger partial charge in [-0.05, 0) is 47.5 Å². The van der Waals surface area contributed by atoms with Crippen LogP contribution in [-0.4, -0.2) is 25.2 Å². The lowest BCUT2D eigenvalue weighted by Crippen LogP contribution is -2.09. The van der Waals surface area contributed by atoms with Gasteiger partial charge in [0.25, 0.3) is 0 Å². The number of rotatable bonds is 5. The summed E-state index contributed by atoms with van der Waals surface area (Å²) in [4.78, 5) is 0.803. The minimum absolute atomic E-state index is 0.714. The van der Waals surface area contributed by atoms with Gasteiger partial charge in [0.15, 0.2) is 5.82 Å². The third-order valence-corrected chi connectivity index (χ3v) is 3.20. The number of hydrogen-bond acceptors (Lipinski definition) is 4. The van der Waals surface area contributed by atoms with Crippen molar-refractivity contribution in [3.63, 3.8) is 0 Å². The summed E-state index contributed by atoms with van der Waals surface area (Å²) in [6.07, 6.45) is 2.52. The zero-order chi connectivity index (χ0) is 13.7. The molecule has 0 saturated carbocycles. The summed E-state index contributed by atoms with van der Waals surface area (Å²) >= 11 is 11.1. The Bertz CT molecular complexity index is 552. The highest BCUT2D eigenvalue weighted by Crippen LogP contribution is 2.14. The molecule has 2 rings (SSSR count). The first-order valence-electron chi connectivity index (χ1n) is 5.92. The van der Waals surface area contributed by atoms with Crippen molar-refractivity contribution in [3.05, 3.63) is 35.1 Å². The maximum Gasteiger partial charge on any atom is 0.150 e. The summed E-state index contributed by atoms with van der Waals surface area (Å²) in [6, 6.07) is 7.47. The van der Waals surface area contributed by atoms with Crippen LogP contribution in [0.5, 0.6) is 0 Å². The van der Waals surface area contributed by atoms with E-state index in [0.717, 1.165) is 35.8 Å². The Hall–Kier alpha value is -1.53. The molecule has 19 heavy (non-hydrogen) atoms. The SMILES string of the molecule is Cn1nnnc1CCCC(=S)Nc1ccc(Cl)cc1. The van der Waals surface area contributed by atoms with Gasteiger partial charge >= 0.3 is 0 Å². The fraction of sp³-hybridized carbons (Fsp3) is 0.333. The van der Waals surface area contributed by atoms with Gasteiger partial charge in [0.2, 0.25) is 0 Å². The molecule has 0 spiro atoms. The third-order valence-electron chi connectivity index (χ3n) is 2.64. The van der Waals surface area contributed by atoms with Crippen LogP contribution in [0.3, 0.4) is 0 Å². The van der Waals surface area contributed by atoms with Crippen molar-refractivity contribution in [2.45, 2.75) is 19.3 Å². The number of nitrogens with one attached hydrogen (secondary N) is 1. The first-order chi connectivity index (χ1) is 9.15. The highest BCUT2D eigenvalue weighted by Gasteiger charge is 2.03. The molecule has 0 aliphatic heterocycles. The molecule has 0 fully saturated rings. The fourth-order valence-corrected chi connectivity index (χ4v) is 2.01. The van der Waals surface area contributed by atoms with Gasteiger partial charge < -0.3 is 5.32 Å². The van der Waals surface area contributed by atoms with E-state index in [2.05, 4.69) is 20.8 Å². The van der Waals surface area contributed by atoms with Crippen LogP contribution in [0.25, 0.3) is 0 Å². The number of nitrogens with zero attached hydrogens (tertiary/aromatic N) is 4. The van der Waals surface area contributed by atoms with Crippen molar-refractivity contribution < 1.29 is 0 Å². The number of tetrazole rings is 1. The molecule has 1 aromatic heterocycles. The number of benzene rings is 1. The van der Waals surface area contributed by atoms with Crippen molar-refractivity contribution in [1.82, 2.24) is 20.2 Å². The quantitative estimate of drug-likeness (QED) is 0.859. The average Bonchev–Trinajstić information content (AvgIpc) is 2.78. The molecule has 100 valence electrons. The highest BCUT2D eigenvalue weighted by atomic mass is 35.5. The zero-order valence-electron chi connectivity index (χ0n) is 10.5. The molecule has 0 amide bonds. The summed E-state index contributed by atoms with van der Waals surface area (Å²) in [5.74, 6) is 0.870. The number of aryl methyl sites for hydroxylation is 2. The van der Waals surface area contributed by atoms with E-state index < -0.39 is 0 Å². The standard InChI is InChI=1S/C12H14ClN5S/c1-18-11(15-16-17-18)3-2-4-12(19)14-10-7-5-9(13)6-8-10/h5-8H,2-4H2,1H3,(H,14,19). The number of halogens is 1. The monoisotopic (exact) mass is 295 g/mol. The van der Waals surface area contributed by atoms with Crippen LogP contribution in [0.15, 0.2) is 24.3 Å². The first kappa shape index (κ1) is 13.9. The van der Waals surface area contributed by atoms with Crippen molar-refractivity contribution in [2.24, 2.45) is 7.05 Å². The lowest BCUT2D eigenvalue weighted by Gasteiger charge is -2.07. The molecule has 2 aromatic rings. The molecule has 0 unspecified atom stereocenters. The maximum absolute atomic E-state index is 5.82. The van der Waals surface area contributed by atoms with Crippen molar-refractivity contribution in [3.8, 4) is 0 Å². The van der Waals surface area contributed by atoms with Crippen molar-refractivity contribution >= 4 is 34.5 Å². The molecule has 0 atom stereocenters. The first-order valence-corrected chi connectivity index (χ1v) is 6.70. The van der Waals surface area contributed by atoms with E-state index in [0.29, 0.717) is 5.02 Å². The van der Waals surface area contributed by atoms with E-state index >= 15 is 0 Å². The third kappa shape index (κ3) is 4.25. The molecule has 0 bridgehead atoms. The normalized spacial score (nSPS) is 10.4. The van der Waals surface area contributed by atoms with Crippen LogP contribution in [0, 0.1) is 0 Å². The van der Waals surface area contributed by atoms with E-state index in [1.165, 1.54) is 0 Å². The summed E-state index contributed by atoms with van der Waals surface area (Å²) in [5, 5.41) is 15.2. The Morgan fingerprint density at radius 1 is 1.37 bits per heavy atom. The van der Waals surface area contributed by atoms with E-state index in [9.17, 15) is 0 Å². The number of thiocarbonyl (C=S) groups is 1. The molecule has 0 aliphatic rings. The highest BCUT2D eigenvalue weighted by molar-refractivity contribution is 7.80. The summed E-state index contributed by atoms with van der Waals surface area (Å²) < 4.78 is 1.68. The van der Waals surface area contributed by atoms with Gasteiger partial charge in [-0.2, -0.15) is 0 Å². The molecule has 5 nitrogen and oxygen atoms in total. The minimum atomic E-state index is 0.714. The number of aromatic nitrogens is 4. The molecule has 0 aliphatic carbocycles. The summed E-state index contributed by atoms with van der Waals surface area (Å²) in [7, 11) is 1.83. The lowest BCUT2D eigenvalue weighted by molar-refractivity contribution is 0.664. The number of hydrogen-bond donors (Lipinski definition) is 1. The molecule has 0 radical (unpaired) electrons. The Morgan fingerprint density at radius 2 is 2.11 bits per heavy atom. The Kier molecular flexibility index (Phi) is 4.81. The van der Waals surface area contributed by atoms with Crippen molar-refractivity contribution in [2.75, 3.05) is 5.32 Å². The molecule has 1 N–H and O–H groups in total. The Morgan fingerprint density at radius 3 is 2.74 bits per heavy atom. The van der Waals surface area contributed by atoms with Gasteiger partial charge in [-0.15, -0.1) is 5.10 Å². The summed E-state index contributed by atoms with van der Waals surface area (Å²) in [5.41, 5.74) is 0.953.